The van der Waals surface area contributed by atoms with E-state index in [1.807, 2.05) is 0 Å². The number of rotatable bonds is 3. The van der Waals surface area contributed by atoms with Crippen LogP contribution in [0.4, 0.5) is 0 Å². The van der Waals surface area contributed by atoms with Gasteiger partial charge in [-0.3, -0.25) is 0 Å². The lowest BCUT2D eigenvalue weighted by molar-refractivity contribution is 0.0836. The molecule has 0 aliphatic heterocycles. The molecule has 0 bridgehead atoms. The van der Waals surface area contributed by atoms with Gasteiger partial charge >= 0.3 is 0 Å². The van der Waals surface area contributed by atoms with E-state index in [0.29, 0.717) is 6.54 Å². The highest BCUT2D eigenvalue weighted by molar-refractivity contribution is 4.73. The highest BCUT2D eigenvalue weighted by Gasteiger charge is 2.09. The van der Waals surface area contributed by atoms with Crippen LogP contribution in [0, 0.1) is 0 Å². The van der Waals surface area contributed by atoms with Crippen molar-refractivity contribution in [2.75, 3.05) is 6.54 Å². The molecule has 0 rings (SSSR count). The molecule has 0 atom stereocenters. The molecule has 0 spiro atoms. The van der Waals surface area contributed by atoms with E-state index in [1.165, 1.54) is 0 Å². The molecule has 0 aromatic rings. The van der Waals surface area contributed by atoms with Crippen molar-refractivity contribution in [1.29, 1.82) is 0 Å². The average Bonchev–Trinajstić information content (AvgIpc) is 1.59. The van der Waals surface area contributed by atoms with Gasteiger partial charge in [0.05, 0.1) is 5.60 Å². The van der Waals surface area contributed by atoms with E-state index in [2.05, 4.69) is 11.9 Å². The number of hydrogen-bond acceptors (Lipinski definition) is 2. The molecule has 2 N–H and O–H groups in total. The maximum absolute atomic E-state index is 9.04. The maximum atomic E-state index is 9.04. The highest BCUT2D eigenvalue weighted by atomic mass is 16.3. The predicted octanol–water partition coefficient (Wildman–Crippen LogP) is 0.490. The summed E-state index contributed by atoms with van der Waals surface area (Å²) in [5.41, 5.74) is -0.631. The molecule has 0 unspecified atom stereocenters. The van der Waals surface area contributed by atoms with Crippen LogP contribution in [-0.2, 0) is 0 Å². The third kappa shape index (κ3) is 5.50. The molecular formula is C6H13NO. The Bertz CT molecular complexity index is 73.1. The fraction of sp³-hybridized carbons (Fsp3) is 0.667. The molecule has 0 aromatic carbocycles. The van der Waals surface area contributed by atoms with Crippen molar-refractivity contribution in [2.45, 2.75) is 19.4 Å². The van der Waals surface area contributed by atoms with Gasteiger partial charge in [-0.25, -0.2) is 0 Å². The smallest absolute Gasteiger partial charge is 0.0763 e. The number of hydrogen-bond donors (Lipinski definition) is 2. The summed E-state index contributed by atoms with van der Waals surface area (Å²) in [5, 5.41) is 11.8. The first-order valence-electron chi connectivity index (χ1n) is 2.63. The zero-order valence-corrected chi connectivity index (χ0v) is 5.44. The van der Waals surface area contributed by atoms with Crippen molar-refractivity contribution < 1.29 is 5.11 Å². The third-order valence-electron chi connectivity index (χ3n) is 0.679. The van der Waals surface area contributed by atoms with Crippen molar-refractivity contribution in [3.05, 3.63) is 12.8 Å². The van der Waals surface area contributed by atoms with Crippen LogP contribution < -0.4 is 5.32 Å². The summed E-state index contributed by atoms with van der Waals surface area (Å²) < 4.78 is 0. The minimum atomic E-state index is -0.631. The topological polar surface area (TPSA) is 32.3 Å². The number of aliphatic hydroxyl groups is 1. The van der Waals surface area contributed by atoms with Gasteiger partial charge in [-0.05, 0) is 20.0 Å². The van der Waals surface area contributed by atoms with Gasteiger partial charge < -0.3 is 10.4 Å². The standard InChI is InChI=1S/C6H13NO/c1-4-7-5-6(2,3)8/h4,7-8H,1,5H2,2-3H3. The summed E-state index contributed by atoms with van der Waals surface area (Å²) in [6, 6.07) is 0. The van der Waals surface area contributed by atoms with Crippen LogP contribution in [0.25, 0.3) is 0 Å². The van der Waals surface area contributed by atoms with Gasteiger partial charge in [0.2, 0.25) is 0 Å². The summed E-state index contributed by atoms with van der Waals surface area (Å²) >= 11 is 0. The summed E-state index contributed by atoms with van der Waals surface area (Å²) in [5.74, 6) is 0. The molecule has 0 saturated heterocycles. The van der Waals surface area contributed by atoms with Crippen molar-refractivity contribution in [2.24, 2.45) is 0 Å². The Hall–Kier alpha value is -0.500. The molecule has 2 heteroatoms. The van der Waals surface area contributed by atoms with E-state index in [9.17, 15) is 0 Å². The van der Waals surface area contributed by atoms with Gasteiger partial charge in [0.25, 0.3) is 0 Å². The Morgan fingerprint density at radius 2 is 2.25 bits per heavy atom. The molecule has 0 aromatic heterocycles. The van der Waals surface area contributed by atoms with Gasteiger partial charge in [0.1, 0.15) is 0 Å². The Balaban J connectivity index is 3.24. The zero-order chi connectivity index (χ0) is 6.62. The molecule has 0 radical (unpaired) electrons. The van der Waals surface area contributed by atoms with E-state index in [1.54, 1.807) is 20.0 Å². The van der Waals surface area contributed by atoms with Crippen LogP contribution in [-0.4, -0.2) is 17.3 Å². The Labute approximate surface area is 50.2 Å². The molecule has 0 amide bonds. The molecular weight excluding hydrogens is 102 g/mol. The minimum Gasteiger partial charge on any atom is -0.389 e. The van der Waals surface area contributed by atoms with Crippen molar-refractivity contribution in [3.8, 4) is 0 Å². The number of nitrogens with one attached hydrogen (secondary N) is 1. The van der Waals surface area contributed by atoms with Gasteiger partial charge in [-0.1, -0.05) is 6.58 Å². The fourth-order valence-corrected chi connectivity index (χ4v) is 0.322. The second kappa shape index (κ2) is 2.72. The van der Waals surface area contributed by atoms with Crippen LogP contribution in [0.3, 0.4) is 0 Å². The SMILES string of the molecule is C=CNCC(C)(C)O. The van der Waals surface area contributed by atoms with Gasteiger partial charge in [-0.2, -0.15) is 0 Å². The van der Waals surface area contributed by atoms with E-state index < -0.39 is 5.60 Å². The van der Waals surface area contributed by atoms with Crippen LogP contribution in [0.2, 0.25) is 0 Å². The Morgan fingerprint density at radius 3 is 2.38 bits per heavy atom. The molecule has 2 nitrogen and oxygen atoms in total. The Kier molecular flexibility index (Phi) is 2.55. The van der Waals surface area contributed by atoms with Gasteiger partial charge in [0.15, 0.2) is 0 Å². The van der Waals surface area contributed by atoms with Crippen LogP contribution in [0.5, 0.6) is 0 Å². The summed E-state index contributed by atoms with van der Waals surface area (Å²) in [6.07, 6.45) is 1.57. The zero-order valence-electron chi connectivity index (χ0n) is 5.44. The first kappa shape index (κ1) is 7.50. The molecule has 8 heavy (non-hydrogen) atoms. The summed E-state index contributed by atoms with van der Waals surface area (Å²) in [6.45, 7) is 7.47. The van der Waals surface area contributed by atoms with Crippen LogP contribution >= 0.6 is 0 Å². The van der Waals surface area contributed by atoms with Crippen molar-refractivity contribution >= 4 is 0 Å². The maximum Gasteiger partial charge on any atom is 0.0763 e. The monoisotopic (exact) mass is 115 g/mol. The van der Waals surface area contributed by atoms with E-state index >= 15 is 0 Å². The van der Waals surface area contributed by atoms with Crippen molar-refractivity contribution in [3.63, 3.8) is 0 Å². The van der Waals surface area contributed by atoms with E-state index in [4.69, 9.17) is 5.11 Å². The second-order valence-corrected chi connectivity index (χ2v) is 2.40. The molecule has 0 fully saturated rings. The normalized spacial score (nSPS) is 10.9. The fourth-order valence-electron chi connectivity index (χ4n) is 0.322. The largest absolute Gasteiger partial charge is 0.389 e. The lowest BCUT2D eigenvalue weighted by Crippen LogP contribution is -2.31. The van der Waals surface area contributed by atoms with E-state index in [-0.39, 0.29) is 0 Å². The molecule has 0 saturated carbocycles. The molecule has 48 valence electrons. The third-order valence-corrected chi connectivity index (χ3v) is 0.679. The van der Waals surface area contributed by atoms with Crippen LogP contribution in [0.1, 0.15) is 13.8 Å². The molecule has 0 aliphatic carbocycles. The lowest BCUT2D eigenvalue weighted by atomic mass is 10.1. The highest BCUT2D eigenvalue weighted by Crippen LogP contribution is 1.95. The summed E-state index contributed by atoms with van der Waals surface area (Å²) in [4.78, 5) is 0. The quantitative estimate of drug-likeness (QED) is 0.561. The lowest BCUT2D eigenvalue weighted by Gasteiger charge is -2.15. The first-order valence-corrected chi connectivity index (χ1v) is 2.63. The Morgan fingerprint density at radius 1 is 1.75 bits per heavy atom. The van der Waals surface area contributed by atoms with Crippen molar-refractivity contribution in [1.82, 2.24) is 5.32 Å². The van der Waals surface area contributed by atoms with Gasteiger partial charge in [0, 0.05) is 6.54 Å². The minimum absolute atomic E-state index is 0.552. The van der Waals surface area contributed by atoms with Crippen LogP contribution in [0.15, 0.2) is 12.8 Å². The average molecular weight is 115 g/mol. The molecule has 0 heterocycles. The molecule has 0 aliphatic rings. The second-order valence-electron chi connectivity index (χ2n) is 2.40. The summed E-state index contributed by atoms with van der Waals surface area (Å²) in [7, 11) is 0. The predicted molar refractivity (Wildman–Crippen MR) is 34.5 cm³/mol. The van der Waals surface area contributed by atoms with Gasteiger partial charge in [-0.15, -0.1) is 0 Å². The first-order chi connectivity index (χ1) is 3.56. The van der Waals surface area contributed by atoms with E-state index in [0.717, 1.165) is 0 Å².